The summed E-state index contributed by atoms with van der Waals surface area (Å²) in [6.45, 7) is 8.07. The first kappa shape index (κ1) is 11.2. The molecule has 0 spiro atoms. The first-order valence-electron chi connectivity index (χ1n) is 6.91. The second-order valence-electron chi connectivity index (χ2n) is 5.66. The largest absolute Gasteiger partial charge is 0.315 e. The molecule has 17 heavy (non-hydrogen) atoms. The molecule has 4 heteroatoms. The Labute approximate surface area is 103 Å². The van der Waals surface area contributed by atoms with E-state index in [0.717, 1.165) is 19.5 Å². The quantitative estimate of drug-likeness (QED) is 0.782. The minimum absolute atomic E-state index is 0.608. The van der Waals surface area contributed by atoms with Crippen molar-refractivity contribution in [2.75, 3.05) is 13.1 Å². The van der Waals surface area contributed by atoms with Gasteiger partial charge in [-0.05, 0) is 39.7 Å². The van der Waals surface area contributed by atoms with Gasteiger partial charge in [-0.25, -0.2) is 0 Å². The third-order valence-electron chi connectivity index (χ3n) is 4.20. The molecule has 3 rings (SSSR count). The van der Waals surface area contributed by atoms with E-state index in [4.69, 9.17) is 0 Å². The van der Waals surface area contributed by atoms with E-state index in [2.05, 4.69) is 33.5 Å². The van der Waals surface area contributed by atoms with Crippen LogP contribution in [0.2, 0.25) is 0 Å². The molecule has 4 nitrogen and oxygen atoms in total. The molecule has 0 bridgehead atoms. The molecule has 1 aromatic rings. The summed E-state index contributed by atoms with van der Waals surface area (Å²) in [4.78, 5) is 2.55. The van der Waals surface area contributed by atoms with E-state index in [9.17, 15) is 0 Å². The lowest BCUT2D eigenvalue weighted by molar-refractivity contribution is 0.271. The van der Waals surface area contributed by atoms with Crippen molar-refractivity contribution in [1.29, 1.82) is 0 Å². The summed E-state index contributed by atoms with van der Waals surface area (Å²) in [6, 6.07) is 0.656. The molecule has 0 aromatic carbocycles. The lowest BCUT2D eigenvalue weighted by Gasteiger charge is -2.21. The van der Waals surface area contributed by atoms with Gasteiger partial charge in [-0.1, -0.05) is 0 Å². The first-order valence-corrected chi connectivity index (χ1v) is 6.91. The fourth-order valence-corrected chi connectivity index (χ4v) is 3.10. The average Bonchev–Trinajstić information content (AvgIpc) is 2.95. The number of aromatic nitrogens is 3. The summed E-state index contributed by atoms with van der Waals surface area (Å²) in [5.41, 5.74) is 0. The van der Waals surface area contributed by atoms with Crippen LogP contribution in [-0.2, 0) is 13.0 Å². The van der Waals surface area contributed by atoms with Gasteiger partial charge in [0.25, 0.3) is 0 Å². The lowest BCUT2D eigenvalue weighted by atomic mass is 10.1. The number of hydrogen-bond acceptors (Lipinski definition) is 3. The van der Waals surface area contributed by atoms with E-state index in [0.29, 0.717) is 12.0 Å². The van der Waals surface area contributed by atoms with Crippen LogP contribution >= 0.6 is 0 Å². The SMILES string of the molecule is CC(C)N1CCC(c2nnc3n2CCCC3)C1. The molecule has 0 radical (unpaired) electrons. The minimum Gasteiger partial charge on any atom is -0.315 e. The number of likely N-dealkylation sites (tertiary alicyclic amines) is 1. The van der Waals surface area contributed by atoms with E-state index >= 15 is 0 Å². The molecule has 0 aliphatic carbocycles. The Balaban J connectivity index is 1.79. The Morgan fingerprint density at radius 3 is 2.82 bits per heavy atom. The van der Waals surface area contributed by atoms with Crippen LogP contribution in [0.15, 0.2) is 0 Å². The van der Waals surface area contributed by atoms with Gasteiger partial charge >= 0.3 is 0 Å². The van der Waals surface area contributed by atoms with Gasteiger partial charge in [0.05, 0.1) is 0 Å². The zero-order chi connectivity index (χ0) is 11.8. The smallest absolute Gasteiger partial charge is 0.137 e. The standard InChI is InChI=1S/C13H22N4/c1-10(2)16-8-6-11(9-16)13-15-14-12-5-3-4-7-17(12)13/h10-11H,3-9H2,1-2H3. The first-order chi connectivity index (χ1) is 8.25. The van der Waals surface area contributed by atoms with Gasteiger partial charge in [0.2, 0.25) is 0 Å². The van der Waals surface area contributed by atoms with Crippen molar-refractivity contribution in [2.45, 2.75) is 58.0 Å². The summed E-state index contributed by atoms with van der Waals surface area (Å²) in [5.74, 6) is 3.08. The van der Waals surface area contributed by atoms with Crippen LogP contribution in [0.1, 0.15) is 50.7 Å². The Hall–Kier alpha value is -0.900. The maximum absolute atomic E-state index is 4.46. The van der Waals surface area contributed by atoms with Gasteiger partial charge in [0.1, 0.15) is 11.6 Å². The fraction of sp³-hybridized carbons (Fsp3) is 0.846. The van der Waals surface area contributed by atoms with Crippen molar-refractivity contribution < 1.29 is 0 Å². The molecule has 0 N–H and O–H groups in total. The van der Waals surface area contributed by atoms with E-state index in [1.54, 1.807) is 0 Å². The van der Waals surface area contributed by atoms with Gasteiger partial charge in [-0.15, -0.1) is 10.2 Å². The summed E-state index contributed by atoms with van der Waals surface area (Å²) < 4.78 is 2.39. The van der Waals surface area contributed by atoms with Gasteiger partial charge in [-0.3, -0.25) is 0 Å². The molecule has 1 atom stereocenters. The maximum atomic E-state index is 4.46. The second kappa shape index (κ2) is 4.41. The predicted molar refractivity (Wildman–Crippen MR) is 67.0 cm³/mol. The highest BCUT2D eigenvalue weighted by Crippen LogP contribution is 2.29. The van der Waals surface area contributed by atoms with Crippen molar-refractivity contribution in [2.24, 2.45) is 0 Å². The van der Waals surface area contributed by atoms with Crippen LogP contribution in [0.3, 0.4) is 0 Å². The molecule has 1 saturated heterocycles. The topological polar surface area (TPSA) is 34.0 Å². The molecule has 0 saturated carbocycles. The van der Waals surface area contributed by atoms with Gasteiger partial charge in [0.15, 0.2) is 0 Å². The molecule has 0 amide bonds. The molecule has 2 aliphatic heterocycles. The van der Waals surface area contributed by atoms with Crippen LogP contribution < -0.4 is 0 Å². The van der Waals surface area contributed by atoms with Crippen molar-refractivity contribution in [1.82, 2.24) is 19.7 Å². The summed E-state index contributed by atoms with van der Waals surface area (Å²) in [6.07, 6.45) is 4.93. The molecule has 3 heterocycles. The van der Waals surface area contributed by atoms with E-state index < -0.39 is 0 Å². The molecular weight excluding hydrogens is 212 g/mol. The minimum atomic E-state index is 0.608. The monoisotopic (exact) mass is 234 g/mol. The van der Waals surface area contributed by atoms with E-state index in [1.165, 1.54) is 37.5 Å². The predicted octanol–water partition coefficient (Wildman–Crippen LogP) is 1.81. The third kappa shape index (κ3) is 1.99. The summed E-state index contributed by atoms with van der Waals surface area (Å²) in [5, 5.41) is 8.83. The zero-order valence-electron chi connectivity index (χ0n) is 10.9. The highest BCUT2D eigenvalue weighted by molar-refractivity contribution is 5.07. The normalized spacial score (nSPS) is 25.5. The molecule has 1 aromatic heterocycles. The van der Waals surface area contributed by atoms with Crippen LogP contribution in [-0.4, -0.2) is 38.8 Å². The Kier molecular flexibility index (Phi) is 2.90. The van der Waals surface area contributed by atoms with Gasteiger partial charge in [-0.2, -0.15) is 0 Å². The molecule has 1 unspecified atom stereocenters. The van der Waals surface area contributed by atoms with Gasteiger partial charge < -0.3 is 9.47 Å². The van der Waals surface area contributed by atoms with Crippen LogP contribution in [0, 0.1) is 0 Å². The van der Waals surface area contributed by atoms with Crippen LogP contribution in [0.5, 0.6) is 0 Å². The average molecular weight is 234 g/mol. The number of rotatable bonds is 2. The Morgan fingerprint density at radius 2 is 2.06 bits per heavy atom. The number of nitrogens with zero attached hydrogens (tertiary/aromatic N) is 4. The summed E-state index contributed by atoms with van der Waals surface area (Å²) >= 11 is 0. The highest BCUT2D eigenvalue weighted by Gasteiger charge is 2.30. The third-order valence-corrected chi connectivity index (χ3v) is 4.20. The maximum Gasteiger partial charge on any atom is 0.137 e. The Bertz CT molecular complexity index is 396. The van der Waals surface area contributed by atoms with E-state index in [1.807, 2.05) is 0 Å². The van der Waals surface area contributed by atoms with Crippen LogP contribution in [0.4, 0.5) is 0 Å². The fourth-order valence-electron chi connectivity index (χ4n) is 3.10. The highest BCUT2D eigenvalue weighted by atomic mass is 15.3. The molecule has 94 valence electrons. The van der Waals surface area contributed by atoms with Gasteiger partial charge in [0, 0.05) is 31.5 Å². The second-order valence-corrected chi connectivity index (χ2v) is 5.66. The van der Waals surface area contributed by atoms with E-state index in [-0.39, 0.29) is 0 Å². The lowest BCUT2D eigenvalue weighted by Crippen LogP contribution is -2.28. The van der Waals surface area contributed by atoms with Crippen LogP contribution in [0.25, 0.3) is 0 Å². The molecule has 2 aliphatic rings. The van der Waals surface area contributed by atoms with Crippen molar-refractivity contribution in [3.05, 3.63) is 11.6 Å². The number of aryl methyl sites for hydroxylation is 1. The van der Waals surface area contributed by atoms with Crippen molar-refractivity contribution >= 4 is 0 Å². The molecule has 1 fully saturated rings. The Morgan fingerprint density at radius 1 is 1.18 bits per heavy atom. The zero-order valence-corrected chi connectivity index (χ0v) is 10.9. The van der Waals surface area contributed by atoms with Crippen molar-refractivity contribution in [3.63, 3.8) is 0 Å². The number of fused-ring (bicyclic) bond motifs is 1. The number of hydrogen-bond donors (Lipinski definition) is 0. The van der Waals surface area contributed by atoms with Crippen molar-refractivity contribution in [3.8, 4) is 0 Å². The summed E-state index contributed by atoms with van der Waals surface area (Å²) in [7, 11) is 0. The molecular formula is C13H22N4.